The molecule has 7 heteroatoms. The van der Waals surface area contributed by atoms with Crippen molar-refractivity contribution in [1.29, 1.82) is 0 Å². The average Bonchev–Trinajstić information content (AvgIpc) is 3.30. The van der Waals surface area contributed by atoms with Crippen molar-refractivity contribution in [1.82, 2.24) is 14.7 Å². The second kappa shape index (κ2) is 9.28. The highest BCUT2D eigenvalue weighted by Crippen LogP contribution is 2.18. The van der Waals surface area contributed by atoms with E-state index in [2.05, 4.69) is 4.90 Å². The quantitative estimate of drug-likeness (QED) is 0.506. The summed E-state index contributed by atoms with van der Waals surface area (Å²) < 4.78 is 0. The molecule has 2 aliphatic heterocycles. The summed E-state index contributed by atoms with van der Waals surface area (Å²) in [5.74, 6) is -0.189. The average molecular weight is 390 g/mol. The van der Waals surface area contributed by atoms with Crippen molar-refractivity contribution in [3.8, 4) is 0 Å². The maximum Gasteiger partial charge on any atom is 0.264 e. The van der Waals surface area contributed by atoms with Crippen LogP contribution < -0.4 is 0 Å². The Morgan fingerprint density at radius 1 is 1.07 bits per heavy atom. The highest BCUT2D eigenvalue weighted by Gasteiger charge is 2.26. The summed E-state index contributed by atoms with van der Waals surface area (Å²) in [6, 6.07) is 3.81. The zero-order chi connectivity index (χ0) is 19.2. The van der Waals surface area contributed by atoms with Gasteiger partial charge in [-0.3, -0.25) is 24.2 Å². The van der Waals surface area contributed by atoms with Crippen LogP contribution in [0.2, 0.25) is 0 Å². The predicted molar refractivity (Wildman–Crippen MR) is 106 cm³/mol. The number of carbonyl (C=O) groups is 3. The normalized spacial score (nSPS) is 18.3. The van der Waals surface area contributed by atoms with Gasteiger partial charge in [-0.2, -0.15) is 0 Å². The van der Waals surface area contributed by atoms with Gasteiger partial charge in [-0.1, -0.05) is 18.9 Å². The Bertz CT molecular complexity index is 706. The van der Waals surface area contributed by atoms with Crippen LogP contribution in [0.3, 0.4) is 0 Å². The second-order valence-corrected chi connectivity index (χ2v) is 8.10. The molecular weight excluding hydrogens is 362 g/mol. The van der Waals surface area contributed by atoms with Crippen LogP contribution in [0.15, 0.2) is 29.2 Å². The minimum atomic E-state index is -0.202. The first-order valence-electron chi connectivity index (χ1n) is 9.64. The van der Waals surface area contributed by atoms with Crippen LogP contribution in [0.1, 0.15) is 41.8 Å². The Labute approximate surface area is 164 Å². The molecule has 2 aliphatic rings. The summed E-state index contributed by atoms with van der Waals surface area (Å²) in [5, 5.41) is 1.94. The fraction of sp³-hybridized carbons (Fsp3) is 0.550. The van der Waals surface area contributed by atoms with Gasteiger partial charge in [0, 0.05) is 44.9 Å². The molecule has 0 saturated carbocycles. The van der Waals surface area contributed by atoms with Gasteiger partial charge in [0.25, 0.3) is 17.7 Å². The molecule has 0 radical (unpaired) electrons. The molecule has 6 nitrogen and oxygen atoms in total. The zero-order valence-electron chi connectivity index (χ0n) is 15.9. The monoisotopic (exact) mass is 389 g/mol. The van der Waals surface area contributed by atoms with Gasteiger partial charge < -0.3 is 4.90 Å². The summed E-state index contributed by atoms with van der Waals surface area (Å²) in [6.45, 7) is 4.53. The fourth-order valence-corrected chi connectivity index (χ4v) is 4.23. The third-order valence-electron chi connectivity index (χ3n) is 5.27. The van der Waals surface area contributed by atoms with Crippen LogP contribution in [-0.4, -0.2) is 72.2 Å². The van der Waals surface area contributed by atoms with Gasteiger partial charge in [0.2, 0.25) is 0 Å². The summed E-state index contributed by atoms with van der Waals surface area (Å²) >= 11 is 1.51. The number of unbranched alkanes of at least 4 members (excludes halogenated alkanes) is 3. The highest BCUT2D eigenvalue weighted by molar-refractivity contribution is 7.12. The Kier molecular flexibility index (Phi) is 6.79. The molecule has 27 heavy (non-hydrogen) atoms. The standard InChI is InChI=1S/C20H27N3O3S/c1-21-18(24)15-16(19(21)25)7-4-2-3-5-9-22-10-12-23(13-11-22)20(26)17-8-6-14-27-17/h6,8,14-15H,2-5,7,9-13H2,1H3. The van der Waals surface area contributed by atoms with Crippen LogP contribution >= 0.6 is 11.3 Å². The number of imide groups is 1. The number of carbonyl (C=O) groups excluding carboxylic acids is 3. The zero-order valence-corrected chi connectivity index (χ0v) is 16.7. The highest BCUT2D eigenvalue weighted by atomic mass is 32.1. The molecule has 0 unspecified atom stereocenters. The first-order valence-corrected chi connectivity index (χ1v) is 10.5. The van der Waals surface area contributed by atoms with E-state index in [0.29, 0.717) is 12.0 Å². The largest absolute Gasteiger partial charge is 0.335 e. The molecule has 1 aromatic rings. The molecule has 3 amide bonds. The number of hydrogen-bond donors (Lipinski definition) is 0. The lowest BCUT2D eigenvalue weighted by Gasteiger charge is -2.34. The lowest BCUT2D eigenvalue weighted by atomic mass is 10.1. The number of hydrogen-bond acceptors (Lipinski definition) is 5. The third kappa shape index (κ3) is 5.05. The molecular formula is C20H27N3O3S. The van der Waals surface area contributed by atoms with Crippen LogP contribution in [0.4, 0.5) is 0 Å². The maximum atomic E-state index is 12.3. The topological polar surface area (TPSA) is 60.9 Å². The van der Waals surface area contributed by atoms with E-state index in [0.717, 1.165) is 63.3 Å². The van der Waals surface area contributed by atoms with E-state index in [1.165, 1.54) is 29.4 Å². The number of amides is 3. The van der Waals surface area contributed by atoms with E-state index < -0.39 is 0 Å². The third-order valence-corrected chi connectivity index (χ3v) is 6.13. The van der Waals surface area contributed by atoms with Crippen LogP contribution in [0.5, 0.6) is 0 Å². The van der Waals surface area contributed by atoms with E-state index in [9.17, 15) is 14.4 Å². The Hall–Kier alpha value is -1.99. The Morgan fingerprint density at radius 3 is 2.44 bits per heavy atom. The van der Waals surface area contributed by atoms with Gasteiger partial charge in [0.15, 0.2) is 0 Å². The molecule has 0 bridgehead atoms. The van der Waals surface area contributed by atoms with Gasteiger partial charge in [-0.15, -0.1) is 11.3 Å². The summed E-state index contributed by atoms with van der Waals surface area (Å²) in [5.41, 5.74) is 0.647. The van der Waals surface area contributed by atoms with Gasteiger partial charge in [0.05, 0.1) is 4.88 Å². The molecule has 146 valence electrons. The number of rotatable bonds is 8. The first kappa shape index (κ1) is 19.8. The summed E-state index contributed by atoms with van der Waals surface area (Å²) in [4.78, 5) is 42.0. The van der Waals surface area contributed by atoms with E-state index in [1.54, 1.807) is 0 Å². The minimum absolute atomic E-state index is 0.144. The smallest absolute Gasteiger partial charge is 0.264 e. The number of nitrogens with zero attached hydrogens (tertiary/aromatic N) is 3. The van der Waals surface area contributed by atoms with Crippen LogP contribution in [0, 0.1) is 0 Å². The van der Waals surface area contributed by atoms with Gasteiger partial charge in [-0.05, 0) is 37.3 Å². The molecule has 3 rings (SSSR count). The second-order valence-electron chi connectivity index (χ2n) is 7.15. The molecule has 0 spiro atoms. The first-order chi connectivity index (χ1) is 13.1. The van der Waals surface area contributed by atoms with Gasteiger partial charge in [-0.25, -0.2) is 0 Å². The van der Waals surface area contributed by atoms with Crippen LogP contribution in [0.25, 0.3) is 0 Å². The number of likely N-dealkylation sites (N-methyl/N-ethyl adjacent to an activating group) is 1. The van der Waals surface area contributed by atoms with Crippen molar-refractivity contribution in [2.45, 2.75) is 32.1 Å². The lowest BCUT2D eigenvalue weighted by Crippen LogP contribution is -2.48. The van der Waals surface area contributed by atoms with Gasteiger partial charge >= 0.3 is 0 Å². The van der Waals surface area contributed by atoms with E-state index in [1.807, 2.05) is 22.4 Å². The van der Waals surface area contributed by atoms with Crippen LogP contribution in [-0.2, 0) is 9.59 Å². The molecule has 0 atom stereocenters. The van der Waals surface area contributed by atoms with Gasteiger partial charge in [0.1, 0.15) is 0 Å². The predicted octanol–water partition coefficient (Wildman–Crippen LogP) is 2.38. The molecule has 0 aliphatic carbocycles. The van der Waals surface area contributed by atoms with E-state index >= 15 is 0 Å². The number of piperazine rings is 1. The van der Waals surface area contributed by atoms with Crippen molar-refractivity contribution in [3.05, 3.63) is 34.0 Å². The molecule has 3 heterocycles. The lowest BCUT2D eigenvalue weighted by molar-refractivity contribution is -0.135. The minimum Gasteiger partial charge on any atom is -0.335 e. The van der Waals surface area contributed by atoms with Crippen molar-refractivity contribution in [2.75, 3.05) is 39.8 Å². The molecule has 1 fully saturated rings. The fourth-order valence-electron chi connectivity index (χ4n) is 3.54. The van der Waals surface area contributed by atoms with Crippen molar-refractivity contribution in [2.24, 2.45) is 0 Å². The maximum absolute atomic E-state index is 12.3. The summed E-state index contributed by atoms with van der Waals surface area (Å²) in [7, 11) is 1.53. The molecule has 0 aromatic carbocycles. The Balaban J connectivity index is 1.26. The Morgan fingerprint density at radius 2 is 1.81 bits per heavy atom. The summed E-state index contributed by atoms with van der Waals surface area (Å²) in [6.07, 6.45) is 6.43. The van der Waals surface area contributed by atoms with Crippen molar-refractivity contribution in [3.63, 3.8) is 0 Å². The van der Waals surface area contributed by atoms with Crippen molar-refractivity contribution >= 4 is 29.1 Å². The number of thiophene rings is 1. The SMILES string of the molecule is CN1C(=O)C=C(CCCCCCN2CCN(C(=O)c3cccs3)CC2)C1=O. The molecule has 1 saturated heterocycles. The van der Waals surface area contributed by atoms with E-state index in [4.69, 9.17) is 0 Å². The van der Waals surface area contributed by atoms with E-state index in [-0.39, 0.29) is 17.7 Å². The molecule has 0 N–H and O–H groups in total. The van der Waals surface area contributed by atoms with Crippen molar-refractivity contribution < 1.29 is 14.4 Å². The molecule has 1 aromatic heterocycles.